The Balaban J connectivity index is 1.60. The molecule has 0 spiro atoms. The fourth-order valence-electron chi connectivity index (χ4n) is 6.20. The number of benzene rings is 4. The molecule has 0 unspecified atom stereocenters. The first-order valence-electron chi connectivity index (χ1n) is 16.3. The van der Waals surface area contributed by atoms with Crippen LogP contribution in [-0.4, -0.2) is 50.9 Å². The quantitative estimate of drug-likeness (QED) is 0.164. The molecule has 4 aromatic rings. The van der Waals surface area contributed by atoms with E-state index in [2.05, 4.69) is 5.32 Å². The van der Waals surface area contributed by atoms with E-state index < -0.39 is 28.5 Å². The highest BCUT2D eigenvalue weighted by Crippen LogP contribution is 2.35. The molecule has 1 fully saturated rings. The number of anilines is 1. The molecule has 2 amide bonds. The van der Waals surface area contributed by atoms with Crippen molar-refractivity contribution in [2.24, 2.45) is 0 Å². The number of halogens is 1. The third kappa shape index (κ3) is 8.76. The normalized spacial score (nSPS) is 14.1. The number of sulfonamides is 1. The van der Waals surface area contributed by atoms with Crippen LogP contribution in [0.25, 0.3) is 0 Å². The SMILES string of the molecule is COc1ccc(Cl)cc1N(CC(=O)N(Cc1cccc(C)c1)[C@H](Cc1ccccc1)C(=O)NC1CCCCC1)S(=O)(=O)c1ccccc1. The first-order chi connectivity index (χ1) is 23.2. The highest BCUT2D eigenvalue weighted by molar-refractivity contribution is 7.92. The fraction of sp³-hybridized carbons (Fsp3) is 0.316. The maximum Gasteiger partial charge on any atom is 0.264 e. The zero-order valence-electron chi connectivity index (χ0n) is 27.3. The van der Waals surface area contributed by atoms with Crippen LogP contribution in [-0.2, 0) is 32.6 Å². The number of carbonyl (C=O) groups is 2. The number of hydrogen-bond acceptors (Lipinski definition) is 5. The van der Waals surface area contributed by atoms with Gasteiger partial charge in [0.1, 0.15) is 18.3 Å². The Morgan fingerprint density at radius 1 is 0.875 bits per heavy atom. The van der Waals surface area contributed by atoms with Crippen LogP contribution < -0.4 is 14.4 Å². The van der Waals surface area contributed by atoms with Crippen molar-refractivity contribution in [3.63, 3.8) is 0 Å². The summed E-state index contributed by atoms with van der Waals surface area (Å²) in [5.41, 5.74) is 2.82. The number of nitrogens with zero attached hydrogens (tertiary/aromatic N) is 2. The van der Waals surface area contributed by atoms with E-state index in [0.717, 1.165) is 53.1 Å². The number of aryl methyl sites for hydroxylation is 1. The van der Waals surface area contributed by atoms with Gasteiger partial charge in [-0.3, -0.25) is 13.9 Å². The minimum atomic E-state index is -4.29. The molecule has 4 aromatic carbocycles. The van der Waals surface area contributed by atoms with Gasteiger partial charge >= 0.3 is 0 Å². The molecule has 48 heavy (non-hydrogen) atoms. The molecule has 0 bridgehead atoms. The van der Waals surface area contributed by atoms with Crippen LogP contribution in [0.2, 0.25) is 5.02 Å². The zero-order valence-corrected chi connectivity index (χ0v) is 28.9. The predicted octanol–water partition coefficient (Wildman–Crippen LogP) is 6.94. The second-order valence-electron chi connectivity index (χ2n) is 12.2. The molecule has 0 heterocycles. The lowest BCUT2D eigenvalue weighted by atomic mass is 9.94. The molecule has 5 rings (SSSR count). The summed E-state index contributed by atoms with van der Waals surface area (Å²) in [7, 11) is -2.86. The molecule has 10 heteroatoms. The van der Waals surface area contributed by atoms with Crippen molar-refractivity contribution in [3.8, 4) is 5.75 Å². The summed E-state index contributed by atoms with van der Waals surface area (Å²) in [5, 5.41) is 3.51. The Kier molecular flexibility index (Phi) is 11.8. The highest BCUT2D eigenvalue weighted by Gasteiger charge is 2.36. The van der Waals surface area contributed by atoms with E-state index in [0.29, 0.717) is 0 Å². The van der Waals surface area contributed by atoms with Crippen molar-refractivity contribution < 1.29 is 22.7 Å². The Labute approximate surface area is 288 Å². The summed E-state index contributed by atoms with van der Waals surface area (Å²) in [6.07, 6.45) is 5.22. The number of amides is 2. The van der Waals surface area contributed by atoms with E-state index in [-0.39, 0.29) is 46.3 Å². The lowest BCUT2D eigenvalue weighted by Crippen LogP contribution is -2.55. The molecule has 0 aliphatic heterocycles. The second kappa shape index (κ2) is 16.2. The molecule has 1 aliphatic rings. The molecule has 1 atom stereocenters. The average molecular weight is 688 g/mol. The first kappa shape index (κ1) is 35.0. The van der Waals surface area contributed by atoms with Gasteiger partial charge < -0.3 is 15.0 Å². The van der Waals surface area contributed by atoms with Gasteiger partial charge in [0, 0.05) is 24.0 Å². The largest absolute Gasteiger partial charge is 0.495 e. The summed E-state index contributed by atoms with van der Waals surface area (Å²) in [5.74, 6) is -0.574. The maximum atomic E-state index is 14.8. The standard InChI is InChI=1S/C38H42ClN3O5S/c1-28-13-12-16-30(23-28)26-41(35(24-29-14-6-3-7-15-29)38(44)40-32-17-8-4-9-18-32)37(43)27-42(34-25-31(39)21-22-36(34)47-2)48(45,46)33-19-10-5-11-20-33/h3,5-7,10-16,19-23,25,32,35H,4,8-9,17-18,24,26-27H2,1-2H3,(H,40,44)/t35-/m1/s1. The van der Waals surface area contributed by atoms with Gasteiger partial charge in [0.2, 0.25) is 11.8 Å². The molecule has 1 N–H and O–H groups in total. The Morgan fingerprint density at radius 2 is 1.54 bits per heavy atom. The van der Waals surface area contributed by atoms with E-state index in [1.165, 1.54) is 30.2 Å². The Hall–Kier alpha value is -4.34. The summed E-state index contributed by atoms with van der Waals surface area (Å²) in [4.78, 5) is 30.6. The third-order valence-corrected chi connectivity index (χ3v) is 10.7. The van der Waals surface area contributed by atoms with Crippen molar-refractivity contribution in [1.82, 2.24) is 10.2 Å². The topological polar surface area (TPSA) is 96.0 Å². The number of ether oxygens (including phenoxy) is 1. The van der Waals surface area contributed by atoms with Crippen molar-refractivity contribution in [3.05, 3.63) is 125 Å². The molecule has 252 valence electrons. The van der Waals surface area contributed by atoms with Crippen LogP contribution in [0.1, 0.15) is 48.8 Å². The highest BCUT2D eigenvalue weighted by atomic mass is 35.5. The van der Waals surface area contributed by atoms with Gasteiger partial charge in [-0.25, -0.2) is 8.42 Å². The minimum Gasteiger partial charge on any atom is -0.495 e. The summed E-state index contributed by atoms with van der Waals surface area (Å²) >= 11 is 6.38. The van der Waals surface area contributed by atoms with Crippen LogP contribution in [0.15, 0.2) is 108 Å². The molecular formula is C38H42ClN3O5S. The molecule has 8 nitrogen and oxygen atoms in total. The Morgan fingerprint density at radius 3 is 2.21 bits per heavy atom. The van der Waals surface area contributed by atoms with Crippen molar-refractivity contribution in [2.45, 2.75) is 69.0 Å². The lowest BCUT2D eigenvalue weighted by Gasteiger charge is -2.35. The lowest BCUT2D eigenvalue weighted by molar-refractivity contribution is -0.140. The molecule has 0 radical (unpaired) electrons. The van der Waals surface area contributed by atoms with Crippen LogP contribution in [0.4, 0.5) is 5.69 Å². The molecule has 0 saturated heterocycles. The number of methoxy groups -OCH3 is 1. The van der Waals surface area contributed by atoms with Crippen molar-refractivity contribution in [1.29, 1.82) is 0 Å². The average Bonchev–Trinajstić information content (AvgIpc) is 3.09. The number of carbonyl (C=O) groups excluding carboxylic acids is 2. The smallest absolute Gasteiger partial charge is 0.264 e. The molecule has 1 aliphatic carbocycles. The monoisotopic (exact) mass is 687 g/mol. The van der Waals surface area contributed by atoms with Gasteiger partial charge in [0.05, 0.1) is 17.7 Å². The third-order valence-electron chi connectivity index (χ3n) is 8.68. The van der Waals surface area contributed by atoms with Gasteiger partial charge in [0.25, 0.3) is 10.0 Å². The van der Waals surface area contributed by atoms with Crippen LogP contribution >= 0.6 is 11.6 Å². The Bertz CT molecular complexity index is 1800. The van der Waals surface area contributed by atoms with Gasteiger partial charge in [0.15, 0.2) is 0 Å². The summed E-state index contributed by atoms with van der Waals surface area (Å²) < 4.78 is 35.2. The van der Waals surface area contributed by atoms with Crippen LogP contribution in [0.5, 0.6) is 5.75 Å². The van der Waals surface area contributed by atoms with Gasteiger partial charge in [-0.05, 0) is 61.2 Å². The van der Waals surface area contributed by atoms with E-state index in [4.69, 9.17) is 16.3 Å². The van der Waals surface area contributed by atoms with E-state index in [1.807, 2.05) is 61.5 Å². The van der Waals surface area contributed by atoms with Gasteiger partial charge in [-0.1, -0.05) is 109 Å². The maximum absolute atomic E-state index is 14.8. The minimum absolute atomic E-state index is 0.000870. The molecule has 0 aromatic heterocycles. The number of nitrogens with one attached hydrogen (secondary N) is 1. The second-order valence-corrected chi connectivity index (χ2v) is 14.5. The summed E-state index contributed by atoms with van der Waals surface area (Å²) in [6, 6.07) is 29.0. The van der Waals surface area contributed by atoms with Crippen molar-refractivity contribution in [2.75, 3.05) is 18.0 Å². The number of rotatable bonds is 13. The van der Waals surface area contributed by atoms with Gasteiger partial charge in [-0.15, -0.1) is 0 Å². The van der Waals surface area contributed by atoms with E-state index in [1.54, 1.807) is 30.3 Å². The molecular weight excluding hydrogens is 646 g/mol. The molecule has 1 saturated carbocycles. The predicted molar refractivity (Wildman–Crippen MR) is 190 cm³/mol. The van der Waals surface area contributed by atoms with Crippen LogP contribution in [0, 0.1) is 6.92 Å². The van der Waals surface area contributed by atoms with Gasteiger partial charge in [-0.2, -0.15) is 0 Å². The number of hydrogen-bond donors (Lipinski definition) is 1. The van der Waals surface area contributed by atoms with Crippen LogP contribution in [0.3, 0.4) is 0 Å². The fourth-order valence-corrected chi connectivity index (χ4v) is 7.80. The summed E-state index contributed by atoms with van der Waals surface area (Å²) in [6.45, 7) is 1.47. The van der Waals surface area contributed by atoms with E-state index >= 15 is 0 Å². The van der Waals surface area contributed by atoms with E-state index in [9.17, 15) is 18.0 Å². The first-order valence-corrected chi connectivity index (χ1v) is 18.1. The van der Waals surface area contributed by atoms with Crippen molar-refractivity contribution >= 4 is 39.1 Å². The zero-order chi connectivity index (χ0) is 34.1.